The molecule has 0 bridgehead atoms. The number of benzene rings is 1. The summed E-state index contributed by atoms with van der Waals surface area (Å²) in [5.41, 5.74) is 2.34. The molecule has 0 amide bonds. The van der Waals surface area contributed by atoms with Gasteiger partial charge in [0.25, 0.3) is 0 Å². The van der Waals surface area contributed by atoms with Crippen LogP contribution in [0.2, 0.25) is 0 Å². The maximum absolute atomic E-state index is 12.4. The predicted molar refractivity (Wildman–Crippen MR) is 87.6 cm³/mol. The van der Waals surface area contributed by atoms with Crippen molar-refractivity contribution < 1.29 is 19.9 Å². The SMILES string of the molecule is C[C@]12CC[C@@H]3c4c(cc(O)cc4B(O)O)CC[C@H]3[C@@H]1CCC2=O. The smallest absolute Gasteiger partial charge is 0.488 e. The lowest BCUT2D eigenvalue weighted by Crippen LogP contribution is -2.45. The number of carbonyl (C=O) groups excluding carboxylic acids is 1. The minimum Gasteiger partial charge on any atom is -0.508 e. The van der Waals surface area contributed by atoms with E-state index in [4.69, 9.17) is 0 Å². The summed E-state index contributed by atoms with van der Waals surface area (Å²) < 4.78 is 0. The second kappa shape index (κ2) is 5.08. The van der Waals surface area contributed by atoms with Crippen molar-refractivity contribution in [3.8, 4) is 5.75 Å². The zero-order valence-electron chi connectivity index (χ0n) is 13.5. The van der Waals surface area contributed by atoms with E-state index in [9.17, 15) is 19.9 Å². The van der Waals surface area contributed by atoms with E-state index >= 15 is 0 Å². The predicted octanol–water partition coefficient (Wildman–Crippen LogP) is 1.50. The summed E-state index contributed by atoms with van der Waals surface area (Å²) in [6, 6.07) is 3.25. The Bertz CT molecular complexity index is 671. The van der Waals surface area contributed by atoms with Crippen LogP contribution in [0.15, 0.2) is 12.1 Å². The first-order valence-electron chi connectivity index (χ1n) is 8.67. The van der Waals surface area contributed by atoms with Crippen LogP contribution in [0.3, 0.4) is 0 Å². The van der Waals surface area contributed by atoms with Gasteiger partial charge in [-0.15, -0.1) is 0 Å². The molecule has 4 nitrogen and oxygen atoms in total. The van der Waals surface area contributed by atoms with Crippen molar-refractivity contribution in [2.45, 2.75) is 51.4 Å². The molecule has 3 aliphatic carbocycles. The third-order valence-electron chi connectivity index (χ3n) is 6.82. The summed E-state index contributed by atoms with van der Waals surface area (Å²) in [6.07, 6.45) is 5.34. The number of hydrogen-bond donors (Lipinski definition) is 3. The monoisotopic (exact) mass is 314 g/mol. The topological polar surface area (TPSA) is 77.8 Å². The van der Waals surface area contributed by atoms with Gasteiger partial charge in [0.15, 0.2) is 0 Å². The highest BCUT2D eigenvalue weighted by Crippen LogP contribution is 2.59. The molecule has 23 heavy (non-hydrogen) atoms. The summed E-state index contributed by atoms with van der Waals surface area (Å²) in [5.74, 6) is 1.65. The van der Waals surface area contributed by atoms with Crippen LogP contribution in [0.1, 0.15) is 56.1 Å². The number of aryl methyl sites for hydroxylation is 1. The first-order chi connectivity index (χ1) is 10.9. The van der Waals surface area contributed by atoms with Gasteiger partial charge in [-0.3, -0.25) is 4.79 Å². The highest BCUT2D eigenvalue weighted by molar-refractivity contribution is 6.59. The average Bonchev–Trinajstić information content (AvgIpc) is 2.81. The van der Waals surface area contributed by atoms with Crippen LogP contribution in [0, 0.1) is 17.3 Å². The molecule has 122 valence electrons. The van der Waals surface area contributed by atoms with Gasteiger partial charge >= 0.3 is 7.12 Å². The van der Waals surface area contributed by atoms with Crippen LogP contribution in [-0.2, 0) is 11.2 Å². The number of aromatic hydroxyl groups is 1. The van der Waals surface area contributed by atoms with Crippen molar-refractivity contribution in [2.24, 2.45) is 17.3 Å². The largest absolute Gasteiger partial charge is 0.508 e. The summed E-state index contributed by atoms with van der Waals surface area (Å²) in [4.78, 5) is 12.4. The molecule has 3 aliphatic rings. The Morgan fingerprint density at radius 3 is 2.70 bits per heavy atom. The lowest BCUT2D eigenvalue weighted by atomic mass is 9.53. The number of fused-ring (bicyclic) bond motifs is 5. The fourth-order valence-electron chi connectivity index (χ4n) is 5.73. The van der Waals surface area contributed by atoms with Crippen molar-refractivity contribution in [1.82, 2.24) is 0 Å². The third kappa shape index (κ3) is 2.09. The van der Waals surface area contributed by atoms with Crippen molar-refractivity contribution in [2.75, 3.05) is 0 Å². The molecule has 2 saturated carbocycles. The number of phenols is 1. The summed E-state index contributed by atoms with van der Waals surface area (Å²) >= 11 is 0. The van der Waals surface area contributed by atoms with Gasteiger partial charge < -0.3 is 15.2 Å². The molecule has 0 unspecified atom stereocenters. The van der Waals surface area contributed by atoms with Gasteiger partial charge in [0.2, 0.25) is 0 Å². The van der Waals surface area contributed by atoms with Crippen molar-refractivity contribution in [3.05, 3.63) is 23.3 Å². The van der Waals surface area contributed by atoms with E-state index in [1.807, 2.05) is 0 Å². The molecule has 5 heteroatoms. The lowest BCUT2D eigenvalue weighted by Gasteiger charge is -2.48. The minimum absolute atomic E-state index is 0.0991. The Morgan fingerprint density at radius 2 is 1.96 bits per heavy atom. The number of ketones is 1. The summed E-state index contributed by atoms with van der Waals surface area (Å²) in [6.45, 7) is 2.14. The molecule has 1 aromatic rings. The Kier molecular flexibility index (Phi) is 3.36. The van der Waals surface area contributed by atoms with Gasteiger partial charge in [-0.05, 0) is 78.6 Å². The third-order valence-corrected chi connectivity index (χ3v) is 6.82. The molecule has 4 rings (SSSR count). The van der Waals surface area contributed by atoms with Crippen LogP contribution >= 0.6 is 0 Å². The van der Waals surface area contributed by atoms with Gasteiger partial charge in [0, 0.05) is 11.8 Å². The zero-order chi connectivity index (χ0) is 16.4. The van der Waals surface area contributed by atoms with Gasteiger partial charge in [-0.25, -0.2) is 0 Å². The molecular formula is C18H23BO4. The second-order valence-corrected chi connectivity index (χ2v) is 7.81. The Labute approximate surface area is 136 Å². The Hall–Kier alpha value is -1.33. The maximum atomic E-state index is 12.4. The Morgan fingerprint density at radius 1 is 1.17 bits per heavy atom. The molecule has 0 aliphatic heterocycles. The van der Waals surface area contributed by atoms with E-state index in [1.165, 1.54) is 6.07 Å². The highest BCUT2D eigenvalue weighted by atomic mass is 16.4. The molecular weight excluding hydrogens is 291 g/mol. The van der Waals surface area contributed by atoms with Gasteiger partial charge in [0.05, 0.1) is 0 Å². The molecule has 0 heterocycles. The van der Waals surface area contributed by atoms with E-state index in [1.54, 1.807) is 6.07 Å². The lowest BCUT2D eigenvalue weighted by molar-refractivity contribution is -0.129. The molecule has 0 saturated heterocycles. The van der Waals surface area contributed by atoms with E-state index in [0.717, 1.165) is 43.2 Å². The summed E-state index contributed by atoms with van der Waals surface area (Å²) in [7, 11) is -1.56. The van der Waals surface area contributed by atoms with Crippen molar-refractivity contribution in [3.63, 3.8) is 0 Å². The van der Waals surface area contributed by atoms with Crippen molar-refractivity contribution >= 4 is 18.4 Å². The first-order valence-corrected chi connectivity index (χ1v) is 8.67. The molecule has 1 aromatic carbocycles. The number of carbonyl (C=O) groups is 1. The fraction of sp³-hybridized carbons (Fsp3) is 0.611. The fourth-order valence-corrected chi connectivity index (χ4v) is 5.73. The quantitative estimate of drug-likeness (QED) is 0.687. The normalized spacial score (nSPS) is 35.4. The number of rotatable bonds is 1. The van der Waals surface area contributed by atoms with Crippen LogP contribution in [0.4, 0.5) is 0 Å². The number of hydrogen-bond acceptors (Lipinski definition) is 4. The van der Waals surface area contributed by atoms with Crippen LogP contribution in [0.25, 0.3) is 0 Å². The molecule has 0 radical (unpaired) electrons. The van der Waals surface area contributed by atoms with Gasteiger partial charge in [-0.2, -0.15) is 0 Å². The first kappa shape index (κ1) is 15.2. The van der Waals surface area contributed by atoms with E-state index < -0.39 is 7.12 Å². The number of Topliss-reactive ketones (excluding diaryl/α,β-unsaturated/α-hetero) is 1. The molecule has 3 N–H and O–H groups in total. The van der Waals surface area contributed by atoms with Crippen LogP contribution < -0.4 is 5.46 Å². The van der Waals surface area contributed by atoms with Crippen LogP contribution in [0.5, 0.6) is 5.75 Å². The highest BCUT2D eigenvalue weighted by Gasteiger charge is 2.55. The van der Waals surface area contributed by atoms with Gasteiger partial charge in [-0.1, -0.05) is 6.92 Å². The van der Waals surface area contributed by atoms with Crippen molar-refractivity contribution in [1.29, 1.82) is 0 Å². The molecule has 0 aromatic heterocycles. The molecule has 2 fully saturated rings. The number of phenolic OH excluding ortho intramolecular Hbond substituents is 1. The molecule has 0 spiro atoms. The van der Waals surface area contributed by atoms with E-state index in [-0.39, 0.29) is 17.1 Å². The van der Waals surface area contributed by atoms with E-state index in [2.05, 4.69) is 6.92 Å². The standard InChI is InChI=1S/C18H23BO4/c1-18-7-6-13-12(14(18)4-5-16(18)21)3-2-10-8-11(20)9-15(17(10)13)19(22)23/h8-9,12-14,20,22-23H,2-7H2,1H3/t12-,13+,14+,18+/m1/s1. The van der Waals surface area contributed by atoms with E-state index in [0.29, 0.717) is 29.5 Å². The summed E-state index contributed by atoms with van der Waals surface area (Å²) in [5, 5.41) is 29.4. The van der Waals surface area contributed by atoms with Gasteiger partial charge in [0.1, 0.15) is 11.5 Å². The molecule has 4 atom stereocenters. The minimum atomic E-state index is -1.56. The Balaban J connectivity index is 1.79. The second-order valence-electron chi connectivity index (χ2n) is 7.81. The van der Waals surface area contributed by atoms with Crippen LogP contribution in [-0.4, -0.2) is 28.1 Å². The zero-order valence-corrected chi connectivity index (χ0v) is 13.5. The average molecular weight is 314 g/mol. The maximum Gasteiger partial charge on any atom is 0.488 e.